The van der Waals surface area contributed by atoms with Crippen LogP contribution in [-0.2, 0) is 8.62 Å². The van der Waals surface area contributed by atoms with Gasteiger partial charge in [0.25, 0.3) is 0 Å². The van der Waals surface area contributed by atoms with Gasteiger partial charge < -0.3 is 0 Å². The van der Waals surface area contributed by atoms with Gasteiger partial charge in [-0.25, -0.2) is 0 Å². The monoisotopic (exact) mass is 832 g/mol. The molecule has 20 heteroatoms. The molecular formula is C36H56FN12O4P3. The number of rotatable bonds is 14. The van der Waals surface area contributed by atoms with Crippen LogP contribution in [0.5, 0.6) is 11.5 Å². The third kappa shape index (κ3) is 5.79. The Bertz CT molecular complexity index is 1760. The van der Waals surface area contributed by atoms with E-state index in [1.807, 2.05) is 36.4 Å². The predicted molar refractivity (Wildman–Crippen MR) is 218 cm³/mol. The van der Waals surface area contributed by atoms with Gasteiger partial charge in [-0.3, -0.25) is 0 Å². The Morgan fingerprint density at radius 2 is 0.732 bits per heavy atom. The first-order chi connectivity index (χ1) is 27.5. The molecule has 0 bridgehead atoms. The Morgan fingerprint density at radius 3 is 1.02 bits per heavy atom. The molecule has 0 unspecified atom stereocenters. The van der Waals surface area contributed by atoms with Crippen molar-refractivity contribution in [2.24, 2.45) is 0 Å². The van der Waals surface area contributed by atoms with Crippen LogP contribution in [0, 0.1) is 0 Å². The Labute approximate surface area is 329 Å². The number of nitrogens with zero attached hydrogens (tertiary/aromatic N) is 10. The van der Waals surface area contributed by atoms with Crippen molar-refractivity contribution in [3.63, 3.8) is 0 Å². The maximum absolute atomic E-state index is 19.0. The third-order valence-electron chi connectivity index (χ3n) is 12.9. The Morgan fingerprint density at radius 1 is 0.446 bits per heavy atom. The standard InChI is InChI=1S/C36H56FN12O4P3/c37-54(52-55(44-19-1-2-20-44,45-21-3-4-22-45,46-23-5-6-24-46)50-33-17-13-15-31-35(33)40-42-38-31)53-56(47-25-7-8-26-47,48-27-9-10-28-48,49-29-11-12-30-49)51-34-18-14-16-32-36(34)41-43-39-32/h13-18H,1-12,19-30H2,(H,38,40,42)(H,39,41,43). The maximum atomic E-state index is 19.0. The van der Waals surface area contributed by atoms with Crippen LogP contribution in [0.1, 0.15) is 77.0 Å². The van der Waals surface area contributed by atoms with E-state index in [4.69, 9.17) is 17.7 Å². The Hall–Kier alpha value is -2.26. The fourth-order valence-electron chi connectivity index (χ4n) is 10.4. The van der Waals surface area contributed by atoms with Gasteiger partial charge in [-0.15, -0.1) is 0 Å². The quantitative estimate of drug-likeness (QED) is 0.120. The minimum atomic E-state index is -4.53. The number of aromatic amines is 2. The van der Waals surface area contributed by atoms with E-state index in [0.717, 1.165) is 156 Å². The summed E-state index contributed by atoms with van der Waals surface area (Å²) < 4.78 is 64.1. The molecule has 0 amide bonds. The van der Waals surface area contributed by atoms with Gasteiger partial charge in [0.05, 0.1) is 0 Å². The summed E-state index contributed by atoms with van der Waals surface area (Å²) >= 11 is 0. The molecule has 0 saturated carbocycles. The second kappa shape index (κ2) is 15.1. The van der Waals surface area contributed by atoms with Gasteiger partial charge in [-0.1, -0.05) is 0 Å². The van der Waals surface area contributed by atoms with Crippen LogP contribution in [0.15, 0.2) is 36.4 Å². The summed E-state index contributed by atoms with van der Waals surface area (Å²) in [7, 11) is -12.2. The summed E-state index contributed by atoms with van der Waals surface area (Å²) in [4.78, 5) is 0. The van der Waals surface area contributed by atoms with Crippen molar-refractivity contribution in [3.05, 3.63) is 36.4 Å². The molecule has 0 spiro atoms. The first-order valence-corrected chi connectivity index (χ1v) is 25.9. The molecule has 6 fully saturated rings. The van der Waals surface area contributed by atoms with Crippen molar-refractivity contribution < 1.29 is 21.9 Å². The number of hydrogen-bond acceptors (Lipinski definition) is 14. The number of halogens is 1. The van der Waals surface area contributed by atoms with Crippen molar-refractivity contribution in [3.8, 4) is 11.5 Å². The van der Waals surface area contributed by atoms with Crippen LogP contribution in [0.4, 0.5) is 4.20 Å². The summed E-state index contributed by atoms with van der Waals surface area (Å²) in [5.74, 6) is 1.10. The van der Waals surface area contributed by atoms with Gasteiger partial charge in [0.2, 0.25) is 0 Å². The van der Waals surface area contributed by atoms with Crippen LogP contribution < -0.4 is 9.05 Å². The van der Waals surface area contributed by atoms with Crippen LogP contribution in [-0.4, -0.2) is 137 Å². The zero-order chi connectivity index (χ0) is 37.7. The molecular weight excluding hydrogens is 776 g/mol. The zero-order valence-electron chi connectivity index (χ0n) is 32.3. The molecule has 6 aliphatic rings. The molecule has 56 heavy (non-hydrogen) atoms. The number of para-hydroxylation sites is 2. The summed E-state index contributed by atoms with van der Waals surface area (Å²) in [6.45, 7) is 8.85. The van der Waals surface area contributed by atoms with Gasteiger partial charge in [0.15, 0.2) is 0 Å². The van der Waals surface area contributed by atoms with Crippen molar-refractivity contribution in [1.82, 2.24) is 58.8 Å². The molecule has 16 nitrogen and oxygen atoms in total. The molecule has 2 N–H and O–H groups in total. The van der Waals surface area contributed by atoms with Crippen molar-refractivity contribution >= 4 is 45.8 Å². The summed E-state index contributed by atoms with van der Waals surface area (Å²) in [6, 6.07) is 11.6. The zero-order valence-corrected chi connectivity index (χ0v) is 34.9. The number of hydrogen-bond donors (Lipinski definition) is 2. The molecule has 6 saturated heterocycles. The number of H-pyrrole nitrogens is 2. The minimum absolute atomic E-state index is 0.549. The van der Waals surface area contributed by atoms with E-state index >= 15 is 4.20 Å². The topological polar surface area (TPSA) is 140 Å². The Kier molecular flexibility index (Phi) is 10.2. The molecule has 306 valence electrons. The molecule has 4 aromatic rings. The molecule has 10 rings (SSSR count). The van der Waals surface area contributed by atoms with E-state index in [9.17, 15) is 0 Å². The number of aromatic nitrogens is 6. The number of fused-ring (bicyclic) bond motifs is 2. The normalized spacial score (nSPS) is 25.0. The van der Waals surface area contributed by atoms with E-state index in [0.29, 0.717) is 33.6 Å². The van der Waals surface area contributed by atoms with Crippen molar-refractivity contribution in [2.75, 3.05) is 78.5 Å². The van der Waals surface area contributed by atoms with Gasteiger partial charge in [0.1, 0.15) is 0 Å². The van der Waals surface area contributed by atoms with Gasteiger partial charge in [0, 0.05) is 0 Å². The first kappa shape index (κ1) is 38.0. The molecule has 0 radical (unpaired) electrons. The van der Waals surface area contributed by atoms with E-state index in [1.165, 1.54) is 0 Å². The summed E-state index contributed by atoms with van der Waals surface area (Å²) in [6.07, 6.45) is 11.7. The molecule has 6 aliphatic heterocycles. The second-order valence-corrected chi connectivity index (χ2v) is 24.9. The molecule has 0 atom stereocenters. The molecule has 0 aliphatic carbocycles. The molecule has 2 aromatic carbocycles. The van der Waals surface area contributed by atoms with Crippen LogP contribution in [0.25, 0.3) is 22.1 Å². The van der Waals surface area contributed by atoms with Crippen LogP contribution in [0.3, 0.4) is 0 Å². The SMILES string of the molecule is FP(OP(Oc1cccc2n[nH]nc12)(N1CCCC1)(N1CCCC1)N1CCCC1)OP(Oc1cccc2n[nH]nc12)(N1CCCC1)(N1CCCC1)N1CCCC1. The van der Waals surface area contributed by atoms with E-state index in [-0.39, 0.29) is 0 Å². The predicted octanol–water partition coefficient (Wildman–Crippen LogP) is 7.75. The van der Waals surface area contributed by atoms with Crippen LogP contribution >= 0.6 is 23.7 Å². The first-order valence-electron chi connectivity index (χ1n) is 20.9. The second-order valence-electron chi connectivity index (χ2n) is 16.1. The fraction of sp³-hybridized carbons (Fsp3) is 0.667. The summed E-state index contributed by atoms with van der Waals surface area (Å²) in [5.41, 5.74) is 2.61. The van der Waals surface area contributed by atoms with Crippen molar-refractivity contribution in [2.45, 2.75) is 77.0 Å². The van der Waals surface area contributed by atoms with Crippen molar-refractivity contribution in [1.29, 1.82) is 0 Å². The van der Waals surface area contributed by atoms with E-state index < -0.39 is 23.7 Å². The number of nitrogens with one attached hydrogen (secondary N) is 2. The third-order valence-corrected chi connectivity index (χ3v) is 25.5. The number of benzene rings is 2. The summed E-state index contributed by atoms with van der Waals surface area (Å²) in [5, 5.41) is 23.6. The fourth-order valence-corrected chi connectivity index (χ4v) is 25.0. The Balaban J connectivity index is 1.18. The van der Waals surface area contributed by atoms with Gasteiger partial charge in [-0.05, 0) is 0 Å². The average molecular weight is 833 g/mol. The van der Waals surface area contributed by atoms with E-state index in [2.05, 4.69) is 58.8 Å². The molecule has 8 heterocycles. The average Bonchev–Trinajstić information content (AvgIpc) is 4.10. The molecule has 2 aromatic heterocycles. The van der Waals surface area contributed by atoms with E-state index in [1.54, 1.807) is 0 Å². The van der Waals surface area contributed by atoms with Gasteiger partial charge in [-0.2, -0.15) is 0 Å². The van der Waals surface area contributed by atoms with Gasteiger partial charge >= 0.3 is 330 Å². The van der Waals surface area contributed by atoms with Crippen LogP contribution in [0.2, 0.25) is 0 Å².